The van der Waals surface area contributed by atoms with Crippen molar-refractivity contribution in [1.82, 2.24) is 4.90 Å². The van der Waals surface area contributed by atoms with Crippen molar-refractivity contribution < 1.29 is 28.3 Å². The van der Waals surface area contributed by atoms with Crippen LogP contribution < -0.4 is 15.5 Å². The summed E-state index contributed by atoms with van der Waals surface area (Å²) in [4.78, 5) is 42.6. The molecule has 36 heavy (non-hydrogen) atoms. The first-order valence-electron chi connectivity index (χ1n) is 12.1. The van der Waals surface area contributed by atoms with Gasteiger partial charge in [0, 0.05) is 43.3 Å². The van der Waals surface area contributed by atoms with Gasteiger partial charge in [-0.1, -0.05) is 18.2 Å². The number of benzene rings is 2. The number of nitrogens with zero attached hydrogens (tertiary/aromatic N) is 3. The second-order valence-corrected chi connectivity index (χ2v) is 9.93. The zero-order valence-corrected chi connectivity index (χ0v) is 20.1. The van der Waals surface area contributed by atoms with Crippen molar-refractivity contribution in [3.05, 3.63) is 53.1 Å². The maximum atomic E-state index is 16.1. The minimum atomic E-state index is -1.43. The number of rotatable bonds is 4. The Hall–Kier alpha value is -3.69. The first-order valence-corrected chi connectivity index (χ1v) is 12.1. The lowest BCUT2D eigenvalue weighted by molar-refractivity contribution is -0.139. The molecule has 2 aliphatic heterocycles. The Bertz CT molecular complexity index is 1240. The summed E-state index contributed by atoms with van der Waals surface area (Å²) in [7, 11) is 0. The molecule has 1 saturated heterocycles. The van der Waals surface area contributed by atoms with Crippen LogP contribution in [0.5, 0.6) is 0 Å². The van der Waals surface area contributed by atoms with Gasteiger partial charge in [0.2, 0.25) is 0 Å². The number of aliphatic carboxylic acids is 1. The number of carboxylic acid groups (broad SMARTS) is 1. The summed E-state index contributed by atoms with van der Waals surface area (Å²) in [5, 5.41) is 9.54. The molecule has 2 aromatic carbocycles. The van der Waals surface area contributed by atoms with E-state index in [0.29, 0.717) is 5.56 Å². The van der Waals surface area contributed by atoms with E-state index in [4.69, 9.17) is 5.73 Å². The summed E-state index contributed by atoms with van der Waals surface area (Å²) in [6.45, 7) is 3.77. The molecule has 3 atom stereocenters. The van der Waals surface area contributed by atoms with Gasteiger partial charge < -0.3 is 25.5 Å². The van der Waals surface area contributed by atoms with Crippen LogP contribution >= 0.6 is 0 Å². The van der Waals surface area contributed by atoms with Gasteiger partial charge in [0.05, 0.1) is 16.9 Å². The molecule has 1 aliphatic carbocycles. The average molecular weight is 499 g/mol. The molecule has 3 N–H and O–H groups in total. The average Bonchev–Trinajstić information content (AvgIpc) is 3.68. The van der Waals surface area contributed by atoms with E-state index in [-0.39, 0.29) is 55.0 Å². The van der Waals surface area contributed by atoms with Crippen molar-refractivity contribution in [1.29, 1.82) is 0 Å². The van der Waals surface area contributed by atoms with Crippen LogP contribution in [0.3, 0.4) is 0 Å². The summed E-state index contributed by atoms with van der Waals surface area (Å²) in [5.74, 6) is -5.81. The van der Waals surface area contributed by atoms with Crippen LogP contribution in [0.2, 0.25) is 0 Å². The van der Waals surface area contributed by atoms with Gasteiger partial charge in [0.15, 0.2) is 17.4 Å². The second-order valence-electron chi connectivity index (χ2n) is 9.93. The SMILES string of the molecule is C[C@@H]1CN(c2c(F)c(N)c3c(c2F)N(C2CC2)CC(C(=O)O)C3=O)C[C@H](C)N1C(=O)c1ccccc1. The Labute approximate surface area is 207 Å². The number of hydrogen-bond donors (Lipinski definition) is 2. The predicted octanol–water partition coefficient (Wildman–Crippen LogP) is 3.15. The number of hydrogen-bond acceptors (Lipinski definition) is 6. The Kier molecular flexibility index (Phi) is 5.84. The number of carboxylic acids is 1. The van der Waals surface area contributed by atoms with Gasteiger partial charge >= 0.3 is 5.97 Å². The van der Waals surface area contributed by atoms with Crippen molar-refractivity contribution in [2.75, 3.05) is 35.2 Å². The van der Waals surface area contributed by atoms with Crippen molar-refractivity contribution in [2.24, 2.45) is 5.92 Å². The fraction of sp³-hybridized carbons (Fsp3) is 0.423. The smallest absolute Gasteiger partial charge is 0.316 e. The number of ketones is 1. The van der Waals surface area contributed by atoms with E-state index in [2.05, 4.69) is 0 Å². The molecule has 10 heteroatoms. The summed E-state index contributed by atoms with van der Waals surface area (Å²) >= 11 is 0. The van der Waals surface area contributed by atoms with Gasteiger partial charge in [-0.15, -0.1) is 0 Å². The lowest BCUT2D eigenvalue weighted by atomic mass is 9.88. The number of fused-ring (bicyclic) bond motifs is 1. The minimum absolute atomic E-state index is 0.114. The molecule has 190 valence electrons. The third-order valence-corrected chi connectivity index (χ3v) is 7.37. The Balaban J connectivity index is 1.53. The molecule has 8 nitrogen and oxygen atoms in total. The van der Waals surface area contributed by atoms with Crippen molar-refractivity contribution >= 4 is 34.7 Å². The van der Waals surface area contributed by atoms with E-state index < -0.39 is 40.6 Å². The quantitative estimate of drug-likeness (QED) is 0.493. The minimum Gasteiger partial charge on any atom is -0.481 e. The van der Waals surface area contributed by atoms with Gasteiger partial charge in [0.25, 0.3) is 5.91 Å². The lowest BCUT2D eigenvalue weighted by Crippen LogP contribution is -2.59. The lowest BCUT2D eigenvalue weighted by Gasteiger charge is -2.46. The second kappa shape index (κ2) is 8.76. The van der Waals surface area contributed by atoms with Gasteiger partial charge in [-0.25, -0.2) is 8.78 Å². The molecule has 5 rings (SSSR count). The van der Waals surface area contributed by atoms with Gasteiger partial charge in [-0.05, 0) is 38.8 Å². The Morgan fingerprint density at radius 3 is 2.14 bits per heavy atom. The van der Waals surface area contributed by atoms with Crippen molar-refractivity contribution in [2.45, 2.75) is 44.8 Å². The monoisotopic (exact) mass is 498 g/mol. The molecule has 3 aliphatic rings. The van der Waals surface area contributed by atoms with Crippen LogP contribution in [-0.4, -0.2) is 65.4 Å². The fourth-order valence-electron chi connectivity index (χ4n) is 5.57. The van der Waals surface area contributed by atoms with E-state index in [1.54, 1.807) is 34.1 Å². The molecular formula is C26H28F2N4O4. The van der Waals surface area contributed by atoms with Crippen LogP contribution in [0.25, 0.3) is 0 Å². The normalized spacial score (nSPS) is 24.1. The molecular weight excluding hydrogens is 470 g/mol. The topological polar surface area (TPSA) is 107 Å². The number of Topliss-reactive ketones (excluding diaryl/α,β-unsaturated/α-hetero) is 1. The molecule has 2 heterocycles. The van der Waals surface area contributed by atoms with Crippen LogP contribution in [0.1, 0.15) is 47.4 Å². The van der Waals surface area contributed by atoms with E-state index in [0.717, 1.165) is 12.8 Å². The van der Waals surface area contributed by atoms with Crippen molar-refractivity contribution in [3.63, 3.8) is 0 Å². The van der Waals surface area contributed by atoms with Gasteiger partial charge in [-0.3, -0.25) is 14.4 Å². The molecule has 2 fully saturated rings. The summed E-state index contributed by atoms with van der Waals surface area (Å²) in [6, 6.07) is 7.98. The molecule has 2 aromatic rings. The van der Waals surface area contributed by atoms with Crippen LogP contribution in [-0.2, 0) is 4.79 Å². The predicted molar refractivity (Wildman–Crippen MR) is 130 cm³/mol. The van der Waals surface area contributed by atoms with Crippen molar-refractivity contribution in [3.8, 4) is 0 Å². The highest BCUT2D eigenvalue weighted by Gasteiger charge is 2.47. The van der Waals surface area contributed by atoms with Crippen LogP contribution in [0, 0.1) is 17.6 Å². The number of nitrogens with two attached hydrogens (primary N) is 1. The molecule has 1 unspecified atom stereocenters. The summed E-state index contributed by atoms with van der Waals surface area (Å²) in [6.07, 6.45) is 1.45. The molecule has 0 aromatic heterocycles. The molecule has 1 amide bonds. The van der Waals surface area contributed by atoms with E-state index in [1.807, 2.05) is 19.9 Å². The van der Waals surface area contributed by atoms with Gasteiger partial charge in [0.1, 0.15) is 11.6 Å². The highest BCUT2D eigenvalue weighted by atomic mass is 19.1. The summed E-state index contributed by atoms with van der Waals surface area (Å²) in [5.41, 5.74) is 5.21. The number of amides is 1. The number of piperazine rings is 1. The largest absolute Gasteiger partial charge is 0.481 e. The highest BCUT2D eigenvalue weighted by Crippen LogP contribution is 2.47. The van der Waals surface area contributed by atoms with Crippen LogP contribution in [0.15, 0.2) is 30.3 Å². The first kappa shape index (κ1) is 24.0. The Morgan fingerprint density at radius 2 is 1.58 bits per heavy atom. The van der Waals surface area contributed by atoms with Gasteiger partial charge in [-0.2, -0.15) is 0 Å². The van der Waals surface area contributed by atoms with E-state index in [9.17, 15) is 19.5 Å². The molecule has 0 spiro atoms. The summed E-state index contributed by atoms with van der Waals surface area (Å²) < 4.78 is 31.8. The zero-order valence-electron chi connectivity index (χ0n) is 20.1. The number of carbonyl (C=O) groups excluding carboxylic acids is 2. The number of carbonyl (C=O) groups is 3. The third-order valence-electron chi connectivity index (χ3n) is 7.37. The maximum Gasteiger partial charge on any atom is 0.316 e. The number of anilines is 3. The molecule has 0 bridgehead atoms. The maximum absolute atomic E-state index is 16.1. The fourth-order valence-corrected chi connectivity index (χ4v) is 5.57. The van der Waals surface area contributed by atoms with E-state index >= 15 is 8.78 Å². The zero-order chi connectivity index (χ0) is 25.9. The Morgan fingerprint density at radius 1 is 0.972 bits per heavy atom. The van der Waals surface area contributed by atoms with Crippen LogP contribution in [0.4, 0.5) is 25.8 Å². The number of halogens is 2. The molecule has 1 saturated carbocycles. The van der Waals surface area contributed by atoms with E-state index in [1.165, 1.54) is 4.90 Å². The molecule has 0 radical (unpaired) electrons. The third kappa shape index (κ3) is 3.75. The number of nitrogen functional groups attached to an aromatic ring is 1. The first-order chi connectivity index (χ1) is 17.1. The standard InChI is InChI=1S/C26H28F2N4O4/c1-13-10-30(11-14(2)32(13)25(34)15-6-4-3-5-7-15)23-19(27)21(29)18-22(20(23)28)31(16-8-9-16)12-17(24(18)33)26(35)36/h3-7,13-14,16-17H,8-12,29H2,1-2H3,(H,35,36)/t13-,14+,17?. The highest BCUT2D eigenvalue weighted by molar-refractivity contribution is 6.17.